The van der Waals surface area contributed by atoms with Gasteiger partial charge < -0.3 is 19.4 Å². The van der Waals surface area contributed by atoms with E-state index in [1.165, 1.54) is 23.5 Å². The SMILES string of the molecule is Cn1cc(C2=C(c3csc4ccc(F)cc34)C(=O)NC3OC23)c2cc3c(cc21)SCO3. The Morgan fingerprint density at radius 2 is 2.10 bits per heavy atom. The fourth-order valence-corrected chi connectivity index (χ4v) is 6.34. The molecule has 0 spiro atoms. The van der Waals surface area contributed by atoms with Crippen LogP contribution in [0, 0.1) is 5.82 Å². The highest BCUT2D eigenvalue weighted by molar-refractivity contribution is 7.99. The van der Waals surface area contributed by atoms with Crippen LogP contribution < -0.4 is 10.1 Å². The number of fused-ring (bicyclic) bond motifs is 4. The average molecular weight is 451 g/mol. The molecule has 1 saturated heterocycles. The molecule has 31 heavy (non-hydrogen) atoms. The lowest BCUT2D eigenvalue weighted by Crippen LogP contribution is -2.33. The molecule has 3 aliphatic heterocycles. The Kier molecular flexibility index (Phi) is 3.52. The number of epoxide rings is 1. The Morgan fingerprint density at radius 1 is 1.19 bits per heavy atom. The summed E-state index contributed by atoms with van der Waals surface area (Å²) in [6.07, 6.45) is 1.52. The number of aromatic nitrogens is 1. The van der Waals surface area contributed by atoms with Gasteiger partial charge in [-0.15, -0.1) is 11.3 Å². The summed E-state index contributed by atoms with van der Waals surface area (Å²) in [6, 6.07) is 8.89. The minimum Gasteiger partial charge on any atom is -0.481 e. The number of thiophene rings is 1. The molecule has 0 aliphatic carbocycles. The maximum absolute atomic E-state index is 14.0. The zero-order valence-electron chi connectivity index (χ0n) is 16.3. The van der Waals surface area contributed by atoms with E-state index in [1.54, 1.807) is 17.8 Å². The number of aryl methyl sites for hydroxylation is 1. The third-order valence-electron chi connectivity index (χ3n) is 6.12. The van der Waals surface area contributed by atoms with E-state index < -0.39 is 0 Å². The largest absolute Gasteiger partial charge is 0.481 e. The lowest BCUT2D eigenvalue weighted by molar-refractivity contribution is -0.116. The molecule has 1 fully saturated rings. The summed E-state index contributed by atoms with van der Waals surface area (Å²) in [6.45, 7) is 0. The summed E-state index contributed by atoms with van der Waals surface area (Å²) < 4.78 is 28.7. The first-order valence-electron chi connectivity index (χ1n) is 9.85. The van der Waals surface area contributed by atoms with Gasteiger partial charge in [-0.2, -0.15) is 0 Å². The smallest absolute Gasteiger partial charge is 0.254 e. The van der Waals surface area contributed by atoms with Crippen LogP contribution in [-0.2, 0) is 16.6 Å². The van der Waals surface area contributed by atoms with Crippen LogP contribution in [0.5, 0.6) is 5.75 Å². The zero-order valence-corrected chi connectivity index (χ0v) is 17.9. The molecule has 5 heterocycles. The van der Waals surface area contributed by atoms with Crippen LogP contribution in [0.25, 0.3) is 32.1 Å². The van der Waals surface area contributed by atoms with E-state index >= 15 is 0 Å². The highest BCUT2D eigenvalue weighted by atomic mass is 32.2. The van der Waals surface area contributed by atoms with Gasteiger partial charge in [0.05, 0.1) is 10.5 Å². The van der Waals surface area contributed by atoms with Gasteiger partial charge >= 0.3 is 0 Å². The number of carbonyl (C=O) groups is 1. The van der Waals surface area contributed by atoms with Gasteiger partial charge in [-0.1, -0.05) is 11.8 Å². The van der Waals surface area contributed by atoms with E-state index in [0.717, 1.165) is 48.3 Å². The number of rotatable bonds is 2. The Bertz CT molecular complexity index is 1490. The second-order valence-electron chi connectivity index (χ2n) is 7.91. The average Bonchev–Trinajstić information content (AvgIpc) is 3.08. The number of benzene rings is 2. The van der Waals surface area contributed by atoms with Crippen molar-refractivity contribution in [3.8, 4) is 5.75 Å². The van der Waals surface area contributed by atoms with Crippen molar-refractivity contribution in [3.05, 3.63) is 58.9 Å². The van der Waals surface area contributed by atoms with Crippen molar-refractivity contribution in [2.75, 3.05) is 5.94 Å². The fraction of sp³-hybridized carbons (Fsp3) is 0.174. The molecule has 1 N–H and O–H groups in total. The first kappa shape index (κ1) is 17.8. The third kappa shape index (κ3) is 2.49. The molecule has 2 atom stereocenters. The summed E-state index contributed by atoms with van der Waals surface area (Å²) in [5.41, 5.74) is 4.18. The predicted octanol–water partition coefficient (Wildman–Crippen LogP) is 4.74. The summed E-state index contributed by atoms with van der Waals surface area (Å²) in [4.78, 5) is 14.3. The number of hydrogen-bond acceptors (Lipinski definition) is 5. The van der Waals surface area contributed by atoms with Crippen molar-refractivity contribution in [2.45, 2.75) is 17.2 Å². The summed E-state index contributed by atoms with van der Waals surface area (Å²) in [5, 5.41) is 6.62. The minimum atomic E-state index is -0.318. The minimum absolute atomic E-state index is 0.192. The summed E-state index contributed by atoms with van der Waals surface area (Å²) in [5.74, 6) is 0.963. The van der Waals surface area contributed by atoms with Gasteiger partial charge in [0, 0.05) is 56.3 Å². The van der Waals surface area contributed by atoms with Crippen molar-refractivity contribution in [2.24, 2.45) is 7.05 Å². The van der Waals surface area contributed by atoms with Crippen LogP contribution in [0.3, 0.4) is 0 Å². The molecule has 4 aromatic rings. The summed E-state index contributed by atoms with van der Waals surface area (Å²) >= 11 is 3.18. The standard InChI is InChI=1S/C23H15FN2O3S2/c1-26-7-13(11-5-16-18(6-15(11)26)31-9-28-16)19-20(22(27)25-23-21(19)29-23)14-8-30-17-3-2-10(24)4-12(14)17/h2-8,21,23H,9H2,1H3,(H,25,27). The zero-order chi connectivity index (χ0) is 20.9. The normalized spacial score (nSPS) is 21.9. The number of nitrogens with one attached hydrogen (secondary N) is 1. The lowest BCUT2D eigenvalue weighted by Gasteiger charge is -2.17. The Balaban J connectivity index is 1.55. The number of hydrogen-bond donors (Lipinski definition) is 1. The molecule has 7 rings (SSSR count). The van der Waals surface area contributed by atoms with Crippen molar-refractivity contribution >= 4 is 61.1 Å². The monoisotopic (exact) mass is 450 g/mol. The maximum atomic E-state index is 14.0. The van der Waals surface area contributed by atoms with E-state index in [2.05, 4.69) is 22.0 Å². The van der Waals surface area contributed by atoms with E-state index in [0.29, 0.717) is 11.5 Å². The molecular weight excluding hydrogens is 435 g/mol. The Hall–Kier alpha value is -2.81. The van der Waals surface area contributed by atoms with Gasteiger partial charge in [-0.05, 0) is 30.3 Å². The number of carbonyl (C=O) groups excluding carboxylic acids is 1. The second kappa shape index (κ2) is 6.12. The van der Waals surface area contributed by atoms with Crippen LogP contribution in [0.4, 0.5) is 4.39 Å². The Morgan fingerprint density at radius 3 is 3.00 bits per heavy atom. The number of amides is 1. The molecular formula is C23H15FN2O3S2. The quantitative estimate of drug-likeness (QED) is 0.448. The molecule has 0 saturated carbocycles. The van der Waals surface area contributed by atoms with Crippen molar-refractivity contribution in [1.29, 1.82) is 0 Å². The molecule has 2 aromatic heterocycles. The van der Waals surface area contributed by atoms with E-state index in [1.807, 2.05) is 18.6 Å². The van der Waals surface area contributed by atoms with Crippen LogP contribution in [0.1, 0.15) is 11.1 Å². The number of halogens is 1. The van der Waals surface area contributed by atoms with Crippen LogP contribution in [0.15, 0.2) is 46.8 Å². The van der Waals surface area contributed by atoms with Gasteiger partial charge in [-0.3, -0.25) is 4.79 Å². The van der Waals surface area contributed by atoms with E-state index in [-0.39, 0.29) is 24.1 Å². The second-order valence-corrected chi connectivity index (χ2v) is 9.78. The number of ether oxygens (including phenoxy) is 2. The van der Waals surface area contributed by atoms with Crippen molar-refractivity contribution in [3.63, 3.8) is 0 Å². The first-order chi connectivity index (χ1) is 15.1. The molecule has 3 aliphatic rings. The third-order valence-corrected chi connectivity index (χ3v) is 7.95. The molecule has 0 radical (unpaired) electrons. The number of nitrogens with zero attached hydrogens (tertiary/aromatic N) is 1. The lowest BCUT2D eigenvalue weighted by atomic mass is 9.89. The van der Waals surface area contributed by atoms with Gasteiger partial charge in [0.1, 0.15) is 23.6 Å². The molecule has 2 aromatic carbocycles. The van der Waals surface area contributed by atoms with E-state index in [4.69, 9.17) is 9.47 Å². The Labute approximate surface area is 184 Å². The summed E-state index contributed by atoms with van der Waals surface area (Å²) in [7, 11) is 2.00. The molecule has 0 bridgehead atoms. The first-order valence-corrected chi connectivity index (χ1v) is 11.7. The molecule has 5 nitrogen and oxygen atoms in total. The maximum Gasteiger partial charge on any atom is 0.254 e. The van der Waals surface area contributed by atoms with Gasteiger partial charge in [0.2, 0.25) is 0 Å². The molecule has 8 heteroatoms. The van der Waals surface area contributed by atoms with Gasteiger partial charge in [-0.25, -0.2) is 4.39 Å². The predicted molar refractivity (Wildman–Crippen MR) is 120 cm³/mol. The van der Waals surface area contributed by atoms with Gasteiger partial charge in [0.15, 0.2) is 6.23 Å². The van der Waals surface area contributed by atoms with Crippen LogP contribution in [0.2, 0.25) is 0 Å². The van der Waals surface area contributed by atoms with Crippen LogP contribution in [-0.4, -0.2) is 28.7 Å². The molecule has 154 valence electrons. The van der Waals surface area contributed by atoms with Gasteiger partial charge in [0.25, 0.3) is 5.91 Å². The molecule has 2 unspecified atom stereocenters. The molecule has 1 amide bonds. The van der Waals surface area contributed by atoms with Crippen LogP contribution >= 0.6 is 23.1 Å². The van der Waals surface area contributed by atoms with E-state index in [9.17, 15) is 9.18 Å². The van der Waals surface area contributed by atoms with Crippen molar-refractivity contribution in [1.82, 2.24) is 9.88 Å². The highest BCUT2D eigenvalue weighted by Gasteiger charge is 2.50. The van der Waals surface area contributed by atoms with Crippen molar-refractivity contribution < 1.29 is 18.7 Å². The number of thioether (sulfide) groups is 1. The topological polar surface area (TPSA) is 55.8 Å². The highest BCUT2D eigenvalue weighted by Crippen LogP contribution is 2.48. The fourth-order valence-electron chi connectivity index (χ4n) is 4.64.